The normalized spacial score (nSPS) is 15.8. The minimum atomic E-state index is -0.327. The fourth-order valence-electron chi connectivity index (χ4n) is 5.48. The van der Waals surface area contributed by atoms with Crippen LogP contribution in [0, 0.1) is 0 Å². The van der Waals surface area contributed by atoms with E-state index in [-0.39, 0.29) is 11.8 Å². The smallest absolute Gasteiger partial charge is 0.259 e. The number of nitrogens with one attached hydrogen (secondary N) is 1. The molecule has 3 N–H and O–H groups in total. The summed E-state index contributed by atoms with van der Waals surface area (Å²) >= 11 is 0. The van der Waals surface area contributed by atoms with Gasteiger partial charge in [0.2, 0.25) is 0 Å². The largest absolute Gasteiger partial charge is 0.347 e. The highest BCUT2D eigenvalue weighted by Crippen LogP contribution is 2.40. The first kappa shape index (κ1) is 20.0. The van der Waals surface area contributed by atoms with Crippen molar-refractivity contribution in [2.24, 2.45) is 5.73 Å². The van der Waals surface area contributed by atoms with E-state index in [4.69, 9.17) is 5.73 Å². The number of benzene rings is 2. The number of hydrogen-bond acceptors (Lipinski definition) is 3. The molecule has 0 aliphatic carbocycles. The number of rotatable bonds is 6. The molecule has 0 bridgehead atoms. The Bertz CT molecular complexity index is 1470. The van der Waals surface area contributed by atoms with E-state index in [0.717, 1.165) is 66.2 Å². The summed E-state index contributed by atoms with van der Waals surface area (Å²) in [5, 5.41) is 4.60. The Morgan fingerprint density at radius 2 is 1.64 bits per heavy atom. The number of para-hydroxylation sites is 2. The second-order valence-corrected chi connectivity index (χ2v) is 8.94. The summed E-state index contributed by atoms with van der Waals surface area (Å²) < 4.78 is 4.41. The third-order valence-electron chi connectivity index (χ3n) is 6.94. The van der Waals surface area contributed by atoms with Crippen molar-refractivity contribution in [3.63, 3.8) is 0 Å². The molecule has 2 aromatic heterocycles. The zero-order chi connectivity index (χ0) is 22.5. The number of carbonyl (C=O) groups is 2. The van der Waals surface area contributed by atoms with Crippen molar-refractivity contribution in [2.45, 2.75) is 38.8 Å². The highest BCUT2D eigenvalue weighted by molar-refractivity contribution is 6.50. The lowest BCUT2D eigenvalue weighted by molar-refractivity contribution is -0.122. The molecular formula is C27H26N4O2. The van der Waals surface area contributed by atoms with Crippen LogP contribution >= 0.6 is 0 Å². The number of aryl methyl sites for hydroxylation is 3. The maximum absolute atomic E-state index is 13.2. The predicted octanol–water partition coefficient (Wildman–Crippen LogP) is 3.85. The van der Waals surface area contributed by atoms with E-state index in [0.29, 0.717) is 17.7 Å². The Kier molecular flexibility index (Phi) is 4.69. The minimum absolute atomic E-state index is 0.321. The van der Waals surface area contributed by atoms with Crippen molar-refractivity contribution in [1.29, 1.82) is 0 Å². The van der Waals surface area contributed by atoms with E-state index < -0.39 is 0 Å². The topological polar surface area (TPSA) is 82.0 Å². The molecule has 2 amide bonds. The van der Waals surface area contributed by atoms with E-state index >= 15 is 0 Å². The molecule has 0 radical (unpaired) electrons. The van der Waals surface area contributed by atoms with Gasteiger partial charge in [0.15, 0.2) is 0 Å². The Hall–Kier alpha value is -3.64. The Morgan fingerprint density at radius 1 is 0.879 bits per heavy atom. The second-order valence-electron chi connectivity index (χ2n) is 8.94. The summed E-state index contributed by atoms with van der Waals surface area (Å²) in [7, 11) is 0. The van der Waals surface area contributed by atoms with Crippen LogP contribution in [-0.2, 0) is 29.1 Å². The highest BCUT2D eigenvalue weighted by atomic mass is 16.2. The quantitative estimate of drug-likeness (QED) is 0.354. The number of nitrogens with zero attached hydrogens (tertiary/aromatic N) is 2. The molecule has 2 aliphatic rings. The highest BCUT2D eigenvalue weighted by Gasteiger charge is 2.35. The summed E-state index contributed by atoms with van der Waals surface area (Å²) in [6.07, 6.45) is 8.10. The Labute approximate surface area is 191 Å². The van der Waals surface area contributed by atoms with E-state index in [9.17, 15) is 9.59 Å². The van der Waals surface area contributed by atoms with Crippen LogP contribution in [0.5, 0.6) is 0 Å². The molecular weight excluding hydrogens is 412 g/mol. The van der Waals surface area contributed by atoms with E-state index in [1.165, 1.54) is 11.1 Å². The number of imide groups is 1. The molecule has 4 heterocycles. The second kappa shape index (κ2) is 7.74. The zero-order valence-electron chi connectivity index (χ0n) is 18.4. The summed E-state index contributed by atoms with van der Waals surface area (Å²) in [5.74, 6) is -0.648. The fourth-order valence-corrected chi connectivity index (χ4v) is 5.48. The minimum Gasteiger partial charge on any atom is -0.347 e. The van der Waals surface area contributed by atoms with Crippen molar-refractivity contribution in [1.82, 2.24) is 14.5 Å². The first-order chi connectivity index (χ1) is 16.2. The van der Waals surface area contributed by atoms with Gasteiger partial charge >= 0.3 is 0 Å². The van der Waals surface area contributed by atoms with Gasteiger partial charge in [-0.1, -0.05) is 36.4 Å². The average molecular weight is 439 g/mol. The molecule has 6 rings (SSSR count). The summed E-state index contributed by atoms with van der Waals surface area (Å²) in [5.41, 5.74) is 11.8. The van der Waals surface area contributed by atoms with Crippen molar-refractivity contribution < 1.29 is 9.59 Å². The number of aromatic nitrogens is 2. The lowest BCUT2D eigenvalue weighted by Crippen LogP contribution is -2.22. The van der Waals surface area contributed by atoms with Crippen LogP contribution in [0.15, 0.2) is 54.9 Å². The van der Waals surface area contributed by atoms with Crippen molar-refractivity contribution in [3.8, 4) is 0 Å². The van der Waals surface area contributed by atoms with Gasteiger partial charge in [0, 0.05) is 52.9 Å². The summed E-state index contributed by atoms with van der Waals surface area (Å²) in [4.78, 5) is 26.3. The molecule has 0 saturated heterocycles. The maximum Gasteiger partial charge on any atom is 0.259 e. The van der Waals surface area contributed by atoms with Crippen LogP contribution in [0.1, 0.15) is 36.0 Å². The molecule has 6 nitrogen and oxygen atoms in total. The molecule has 0 atom stereocenters. The standard InChI is InChI=1S/C27H26N4O2/c28-12-3-4-13-30-15-20(18-9-1-2-11-22(18)30)23-24(27(33)29-26(23)32)21-16-31-14-6-8-17-7-5-10-19(21)25(17)31/h1-2,5,7,9-11,15-16H,3-4,6,8,12-14,28H2,(H,29,32,33). The van der Waals surface area contributed by atoms with Gasteiger partial charge in [-0.25, -0.2) is 0 Å². The van der Waals surface area contributed by atoms with E-state index in [1.54, 1.807) is 0 Å². The number of amides is 2. The van der Waals surface area contributed by atoms with Gasteiger partial charge in [-0.15, -0.1) is 0 Å². The van der Waals surface area contributed by atoms with Crippen molar-refractivity contribution >= 4 is 44.8 Å². The van der Waals surface area contributed by atoms with Gasteiger partial charge < -0.3 is 14.9 Å². The Morgan fingerprint density at radius 3 is 2.45 bits per heavy atom. The van der Waals surface area contributed by atoms with Crippen molar-refractivity contribution in [3.05, 3.63) is 71.5 Å². The van der Waals surface area contributed by atoms with Gasteiger partial charge in [-0.2, -0.15) is 0 Å². The monoisotopic (exact) mass is 438 g/mol. The fraction of sp³-hybridized carbons (Fsp3) is 0.259. The third-order valence-corrected chi connectivity index (χ3v) is 6.94. The first-order valence-corrected chi connectivity index (χ1v) is 11.7. The van der Waals surface area contributed by atoms with Crippen LogP contribution in [-0.4, -0.2) is 27.5 Å². The number of carbonyl (C=O) groups excluding carboxylic acids is 2. The summed E-state index contributed by atoms with van der Waals surface area (Å²) in [6.45, 7) is 2.40. The van der Waals surface area contributed by atoms with E-state index in [2.05, 4.69) is 44.9 Å². The molecule has 2 aromatic carbocycles. The van der Waals surface area contributed by atoms with Gasteiger partial charge in [0.05, 0.1) is 16.7 Å². The molecule has 0 unspecified atom stereocenters. The Balaban J connectivity index is 1.59. The number of unbranched alkanes of at least 4 members (excludes halogenated alkanes) is 1. The molecule has 4 aromatic rings. The summed E-state index contributed by atoms with van der Waals surface area (Å²) in [6, 6.07) is 14.3. The predicted molar refractivity (Wildman–Crippen MR) is 130 cm³/mol. The average Bonchev–Trinajstić information content (AvgIpc) is 3.46. The molecule has 166 valence electrons. The number of fused-ring (bicyclic) bond motifs is 1. The molecule has 2 aliphatic heterocycles. The third kappa shape index (κ3) is 3.05. The maximum atomic E-state index is 13.2. The number of hydrogen-bond donors (Lipinski definition) is 2. The van der Waals surface area contributed by atoms with Crippen molar-refractivity contribution in [2.75, 3.05) is 6.54 Å². The van der Waals surface area contributed by atoms with Gasteiger partial charge in [0.25, 0.3) is 11.8 Å². The first-order valence-electron chi connectivity index (χ1n) is 11.7. The molecule has 0 spiro atoms. The van der Waals surface area contributed by atoms with Crippen LogP contribution < -0.4 is 11.1 Å². The lowest BCUT2D eigenvalue weighted by Gasteiger charge is -2.14. The molecule has 0 saturated carbocycles. The van der Waals surface area contributed by atoms with Crippen LogP contribution in [0.2, 0.25) is 0 Å². The molecule has 33 heavy (non-hydrogen) atoms. The van der Waals surface area contributed by atoms with Gasteiger partial charge in [-0.05, 0) is 43.9 Å². The lowest BCUT2D eigenvalue weighted by atomic mass is 9.94. The van der Waals surface area contributed by atoms with Crippen LogP contribution in [0.25, 0.3) is 33.0 Å². The zero-order valence-corrected chi connectivity index (χ0v) is 18.4. The molecule has 6 heteroatoms. The van der Waals surface area contributed by atoms with Gasteiger partial charge in [-0.3, -0.25) is 14.9 Å². The van der Waals surface area contributed by atoms with E-state index in [1.807, 2.05) is 24.4 Å². The SMILES string of the molecule is NCCCCn1cc(C2=C(c3cn4c5c(cccc35)CCC4)C(=O)NC2=O)c2ccccc21. The number of nitrogens with two attached hydrogens (primary N) is 1. The van der Waals surface area contributed by atoms with Gasteiger partial charge in [0.1, 0.15) is 0 Å². The van der Waals surface area contributed by atoms with Crippen LogP contribution in [0.3, 0.4) is 0 Å². The molecule has 0 fully saturated rings. The van der Waals surface area contributed by atoms with Crippen LogP contribution in [0.4, 0.5) is 0 Å².